The van der Waals surface area contributed by atoms with E-state index in [2.05, 4.69) is 57.2 Å². The lowest BCUT2D eigenvalue weighted by atomic mass is 9.99. The van der Waals surface area contributed by atoms with Crippen molar-refractivity contribution in [3.05, 3.63) is 11.9 Å². The summed E-state index contributed by atoms with van der Waals surface area (Å²) in [6, 6.07) is 0. The van der Waals surface area contributed by atoms with Crippen molar-refractivity contribution in [2.75, 3.05) is 20.3 Å². The van der Waals surface area contributed by atoms with E-state index in [1.807, 2.05) is 31.8 Å². The molecule has 0 saturated carbocycles. The molecule has 1 N–H and O–H groups in total. The van der Waals surface area contributed by atoms with Gasteiger partial charge in [-0.3, -0.25) is 0 Å². The Morgan fingerprint density at radius 3 is 2.13 bits per heavy atom. The van der Waals surface area contributed by atoms with Crippen LogP contribution in [0.4, 0.5) is 0 Å². The van der Waals surface area contributed by atoms with Crippen molar-refractivity contribution in [1.29, 1.82) is 0 Å². The van der Waals surface area contributed by atoms with Gasteiger partial charge in [-0.25, -0.2) is 4.68 Å². The zero-order valence-corrected chi connectivity index (χ0v) is 21.6. The molecule has 1 aromatic rings. The fourth-order valence-electron chi connectivity index (χ4n) is 3.11. The highest BCUT2D eigenvalue weighted by atomic mass is 16.5. The summed E-state index contributed by atoms with van der Waals surface area (Å²) in [5, 5.41) is 12.1. The van der Waals surface area contributed by atoms with E-state index >= 15 is 0 Å². The van der Waals surface area contributed by atoms with Crippen LogP contribution in [0.2, 0.25) is 0 Å². The predicted molar refractivity (Wildman–Crippen MR) is 125 cm³/mol. The average molecular weight is 439 g/mol. The van der Waals surface area contributed by atoms with Gasteiger partial charge in [0.15, 0.2) is 0 Å². The molecule has 31 heavy (non-hydrogen) atoms. The van der Waals surface area contributed by atoms with Crippen LogP contribution < -0.4 is 5.32 Å². The molecular weight excluding hydrogens is 392 g/mol. The number of Topliss-reactive ketones (excluding diaryl/α,β-unsaturated/α-hetero) is 1. The SMILES string of the molecule is CNC(C)(C)CCOC(C)(C)Cc1cn(C(C)(C)CCOC(C)(C)CCC(C)=O)nn1. The van der Waals surface area contributed by atoms with Gasteiger partial charge in [-0.1, -0.05) is 5.21 Å². The molecule has 180 valence electrons. The number of nitrogens with zero attached hydrogens (tertiary/aromatic N) is 3. The standard InChI is InChI=1S/C24H46N4O3/c1-19(29)11-12-23(6,7)30-16-14-22(4,5)28-18-20(26-27-28)17-24(8,9)31-15-13-21(2,3)25-10/h18,25H,11-17H2,1-10H3. The van der Waals surface area contributed by atoms with Gasteiger partial charge in [-0.15, -0.1) is 5.10 Å². The minimum atomic E-state index is -0.307. The normalized spacial score (nSPS) is 13.6. The van der Waals surface area contributed by atoms with E-state index in [1.165, 1.54) is 0 Å². The fraction of sp³-hybridized carbons (Fsp3) is 0.875. The molecule has 0 aliphatic heterocycles. The Kier molecular flexibility index (Phi) is 9.85. The van der Waals surface area contributed by atoms with E-state index in [4.69, 9.17) is 9.47 Å². The molecular formula is C24H46N4O3. The molecule has 0 bridgehead atoms. The van der Waals surface area contributed by atoms with Gasteiger partial charge in [-0.05, 0) is 88.6 Å². The molecule has 0 amide bonds. The third kappa shape index (κ3) is 10.7. The summed E-state index contributed by atoms with van der Waals surface area (Å²) in [5.74, 6) is 0.199. The summed E-state index contributed by atoms with van der Waals surface area (Å²) in [4.78, 5) is 11.2. The molecule has 0 aliphatic rings. The first-order valence-corrected chi connectivity index (χ1v) is 11.5. The highest BCUT2D eigenvalue weighted by Gasteiger charge is 2.27. The van der Waals surface area contributed by atoms with Crippen LogP contribution in [-0.2, 0) is 26.2 Å². The van der Waals surface area contributed by atoms with Crippen molar-refractivity contribution in [2.45, 2.75) is 117 Å². The largest absolute Gasteiger partial charge is 0.375 e. The molecule has 0 aliphatic carbocycles. The number of carbonyl (C=O) groups excluding carboxylic acids is 1. The lowest BCUT2D eigenvalue weighted by molar-refractivity contribution is -0.119. The van der Waals surface area contributed by atoms with Gasteiger partial charge in [0.2, 0.25) is 0 Å². The van der Waals surface area contributed by atoms with Crippen molar-refractivity contribution in [1.82, 2.24) is 20.3 Å². The number of ketones is 1. The van der Waals surface area contributed by atoms with Crippen LogP contribution >= 0.6 is 0 Å². The molecule has 0 atom stereocenters. The maximum absolute atomic E-state index is 11.2. The molecule has 0 aromatic carbocycles. The first kappa shape index (κ1) is 27.7. The molecule has 0 radical (unpaired) electrons. The number of hydrogen-bond acceptors (Lipinski definition) is 6. The second-order valence-corrected chi connectivity index (χ2v) is 11.2. The maximum atomic E-state index is 11.2. The van der Waals surface area contributed by atoms with Crippen LogP contribution in [0.3, 0.4) is 0 Å². The summed E-state index contributed by atoms with van der Waals surface area (Å²) in [6.45, 7) is 19.8. The van der Waals surface area contributed by atoms with Crippen molar-refractivity contribution in [3.8, 4) is 0 Å². The summed E-state index contributed by atoms with van der Waals surface area (Å²) in [7, 11) is 1.98. The van der Waals surface area contributed by atoms with Crippen LogP contribution in [0, 0.1) is 0 Å². The summed E-state index contributed by atoms with van der Waals surface area (Å²) in [6.07, 6.45) is 5.75. The van der Waals surface area contributed by atoms with Crippen molar-refractivity contribution in [2.24, 2.45) is 0 Å². The lowest BCUT2D eigenvalue weighted by Gasteiger charge is -2.29. The van der Waals surface area contributed by atoms with E-state index in [0.717, 1.165) is 25.0 Å². The van der Waals surface area contributed by atoms with Gasteiger partial charge < -0.3 is 19.6 Å². The number of ether oxygens (including phenoxy) is 2. The number of carbonyl (C=O) groups is 1. The summed E-state index contributed by atoms with van der Waals surface area (Å²) >= 11 is 0. The van der Waals surface area contributed by atoms with E-state index in [0.29, 0.717) is 26.1 Å². The third-order valence-electron chi connectivity index (χ3n) is 5.95. The Hall–Kier alpha value is -1.31. The number of hydrogen-bond donors (Lipinski definition) is 1. The Morgan fingerprint density at radius 1 is 0.968 bits per heavy atom. The number of aromatic nitrogens is 3. The van der Waals surface area contributed by atoms with Crippen molar-refractivity contribution < 1.29 is 14.3 Å². The van der Waals surface area contributed by atoms with E-state index in [-0.39, 0.29) is 28.1 Å². The monoisotopic (exact) mass is 438 g/mol. The van der Waals surface area contributed by atoms with Crippen molar-refractivity contribution in [3.63, 3.8) is 0 Å². The zero-order valence-electron chi connectivity index (χ0n) is 21.6. The molecule has 1 aromatic heterocycles. The Balaban J connectivity index is 2.58. The average Bonchev–Trinajstić information content (AvgIpc) is 3.08. The van der Waals surface area contributed by atoms with Crippen molar-refractivity contribution >= 4 is 5.78 Å². The summed E-state index contributed by atoms with van der Waals surface area (Å²) in [5.41, 5.74) is 0.154. The number of rotatable bonds is 15. The number of nitrogens with one attached hydrogen (secondary N) is 1. The molecule has 0 unspecified atom stereocenters. The predicted octanol–water partition coefficient (Wildman–Crippen LogP) is 4.29. The summed E-state index contributed by atoms with van der Waals surface area (Å²) < 4.78 is 14.1. The minimum absolute atomic E-state index is 0.0615. The molecule has 1 heterocycles. The molecule has 0 fully saturated rings. The second kappa shape index (κ2) is 11.0. The molecule has 0 spiro atoms. The van der Waals surface area contributed by atoms with Gasteiger partial charge in [-0.2, -0.15) is 0 Å². The molecule has 0 saturated heterocycles. The van der Waals surface area contributed by atoms with Gasteiger partial charge in [0.05, 0.1) is 22.4 Å². The molecule has 1 rings (SSSR count). The first-order valence-electron chi connectivity index (χ1n) is 11.5. The molecule has 7 nitrogen and oxygen atoms in total. The van der Waals surface area contributed by atoms with E-state index < -0.39 is 0 Å². The topological polar surface area (TPSA) is 78.3 Å². The Labute approximate surface area is 189 Å². The van der Waals surface area contributed by atoms with Crippen LogP contribution in [0.25, 0.3) is 0 Å². The van der Waals surface area contributed by atoms with E-state index in [1.54, 1.807) is 6.92 Å². The fourth-order valence-corrected chi connectivity index (χ4v) is 3.11. The molecule has 7 heteroatoms. The second-order valence-electron chi connectivity index (χ2n) is 11.2. The van der Waals surface area contributed by atoms with Crippen LogP contribution in [0.1, 0.15) is 93.7 Å². The third-order valence-corrected chi connectivity index (χ3v) is 5.95. The van der Waals surface area contributed by atoms with Gasteiger partial charge >= 0.3 is 0 Å². The zero-order chi connectivity index (χ0) is 23.9. The van der Waals surface area contributed by atoms with E-state index in [9.17, 15) is 4.79 Å². The smallest absolute Gasteiger partial charge is 0.129 e. The maximum Gasteiger partial charge on any atom is 0.129 e. The highest BCUT2D eigenvalue weighted by Crippen LogP contribution is 2.24. The van der Waals surface area contributed by atoms with Gasteiger partial charge in [0.25, 0.3) is 0 Å². The highest BCUT2D eigenvalue weighted by molar-refractivity contribution is 5.75. The minimum Gasteiger partial charge on any atom is -0.375 e. The van der Waals surface area contributed by atoms with Crippen LogP contribution in [0.5, 0.6) is 0 Å². The Morgan fingerprint density at radius 2 is 1.55 bits per heavy atom. The van der Waals surface area contributed by atoms with Crippen LogP contribution in [-0.4, -0.2) is 57.8 Å². The Bertz CT molecular complexity index is 693. The quantitative estimate of drug-likeness (QED) is 0.440. The lowest BCUT2D eigenvalue weighted by Crippen LogP contribution is -2.38. The van der Waals surface area contributed by atoms with Crippen LogP contribution in [0.15, 0.2) is 6.20 Å². The van der Waals surface area contributed by atoms with Gasteiger partial charge in [0.1, 0.15) is 5.78 Å². The first-order chi connectivity index (χ1) is 14.1. The van der Waals surface area contributed by atoms with Gasteiger partial charge in [0, 0.05) is 37.8 Å².